The molecule has 4 rings (SSSR count). The van der Waals surface area contributed by atoms with Gasteiger partial charge in [-0.25, -0.2) is 0 Å². The number of fused-ring (bicyclic) bond motifs is 1. The molecule has 0 N–H and O–H groups in total. The molecule has 25 heavy (non-hydrogen) atoms. The lowest BCUT2D eigenvalue weighted by Gasteiger charge is -2.21. The summed E-state index contributed by atoms with van der Waals surface area (Å²) in [7, 11) is 0. The first-order valence-corrected chi connectivity index (χ1v) is 9.08. The van der Waals surface area contributed by atoms with E-state index in [4.69, 9.17) is 0 Å². The molecular formula is C21H25N3O. The minimum Gasteiger partial charge on any atom is -0.338 e. The second kappa shape index (κ2) is 6.60. The van der Waals surface area contributed by atoms with Crippen molar-refractivity contribution in [2.24, 2.45) is 11.8 Å². The number of amides is 1. The summed E-state index contributed by atoms with van der Waals surface area (Å²) < 4.78 is 0. The minimum atomic E-state index is 0.131. The molecule has 0 unspecified atom stereocenters. The van der Waals surface area contributed by atoms with E-state index in [-0.39, 0.29) is 5.91 Å². The average molecular weight is 335 g/mol. The zero-order chi connectivity index (χ0) is 17.4. The number of rotatable bonds is 3. The van der Waals surface area contributed by atoms with Crippen LogP contribution in [-0.4, -0.2) is 46.9 Å². The van der Waals surface area contributed by atoms with Crippen LogP contribution in [-0.2, 0) is 6.54 Å². The molecule has 0 aliphatic carbocycles. The molecule has 2 fully saturated rings. The van der Waals surface area contributed by atoms with Crippen molar-refractivity contribution in [3.8, 4) is 0 Å². The fourth-order valence-corrected chi connectivity index (χ4v) is 4.11. The van der Waals surface area contributed by atoms with Crippen LogP contribution < -0.4 is 0 Å². The van der Waals surface area contributed by atoms with Crippen molar-refractivity contribution < 1.29 is 4.79 Å². The summed E-state index contributed by atoms with van der Waals surface area (Å²) >= 11 is 0. The summed E-state index contributed by atoms with van der Waals surface area (Å²) in [5, 5.41) is 0. The third-order valence-electron chi connectivity index (χ3n) is 5.53. The molecule has 2 aromatic rings. The van der Waals surface area contributed by atoms with Crippen LogP contribution in [0.2, 0.25) is 0 Å². The molecule has 4 heteroatoms. The Bertz CT molecular complexity index is 740. The van der Waals surface area contributed by atoms with Gasteiger partial charge < -0.3 is 4.90 Å². The summed E-state index contributed by atoms with van der Waals surface area (Å²) in [6, 6.07) is 12.6. The largest absolute Gasteiger partial charge is 0.338 e. The van der Waals surface area contributed by atoms with Gasteiger partial charge in [0.25, 0.3) is 5.91 Å². The molecule has 1 aromatic heterocycles. The summed E-state index contributed by atoms with van der Waals surface area (Å²) in [5.74, 6) is 1.34. The van der Waals surface area contributed by atoms with E-state index in [9.17, 15) is 4.79 Å². The number of carbonyl (C=O) groups is 1. The molecule has 2 aliphatic rings. The molecule has 0 bridgehead atoms. The Hall–Kier alpha value is -2.20. The molecule has 130 valence electrons. The molecule has 4 nitrogen and oxygen atoms in total. The molecule has 0 saturated carbocycles. The molecule has 3 heterocycles. The van der Waals surface area contributed by atoms with Gasteiger partial charge in [-0.15, -0.1) is 0 Å². The van der Waals surface area contributed by atoms with E-state index in [1.807, 2.05) is 24.0 Å². The Morgan fingerprint density at radius 2 is 1.68 bits per heavy atom. The van der Waals surface area contributed by atoms with E-state index in [2.05, 4.69) is 41.1 Å². The van der Waals surface area contributed by atoms with Gasteiger partial charge in [-0.3, -0.25) is 14.7 Å². The van der Waals surface area contributed by atoms with Crippen LogP contribution in [0.5, 0.6) is 0 Å². The van der Waals surface area contributed by atoms with E-state index in [1.54, 1.807) is 6.20 Å². The van der Waals surface area contributed by atoms with Crippen LogP contribution in [0.4, 0.5) is 0 Å². The smallest absolute Gasteiger partial charge is 0.255 e. The first-order chi connectivity index (χ1) is 12.1. The van der Waals surface area contributed by atoms with Gasteiger partial charge in [0.1, 0.15) is 0 Å². The fraction of sp³-hybridized carbons (Fsp3) is 0.429. The first-order valence-electron chi connectivity index (χ1n) is 9.08. The maximum absolute atomic E-state index is 12.7. The topological polar surface area (TPSA) is 36.4 Å². The molecule has 2 aliphatic heterocycles. The Morgan fingerprint density at radius 1 is 1.00 bits per heavy atom. The van der Waals surface area contributed by atoms with Gasteiger partial charge >= 0.3 is 0 Å². The maximum atomic E-state index is 12.7. The zero-order valence-electron chi connectivity index (χ0n) is 15.0. The maximum Gasteiger partial charge on any atom is 0.255 e. The zero-order valence-corrected chi connectivity index (χ0v) is 15.0. The standard InChI is InChI=1S/C21H25N3O/c1-15-3-6-17(7-4-15)10-23-11-19-13-24(14-20(19)12-23)21(25)18-8-5-16(2)22-9-18/h3-9,19-20H,10-14H2,1-2H3/t19-,20+. The van der Waals surface area contributed by atoms with Crippen molar-refractivity contribution in [3.63, 3.8) is 0 Å². The predicted octanol–water partition coefficient (Wildman–Crippen LogP) is 2.90. The SMILES string of the molecule is Cc1ccc(CN2C[C@@H]3CN(C(=O)c4ccc(C)nc4)C[C@@H]3C2)cc1. The summed E-state index contributed by atoms with van der Waals surface area (Å²) in [6.07, 6.45) is 1.70. The van der Waals surface area contributed by atoms with Crippen molar-refractivity contribution in [1.29, 1.82) is 0 Å². The Morgan fingerprint density at radius 3 is 2.28 bits per heavy atom. The van der Waals surface area contributed by atoms with Gasteiger partial charge in [-0.1, -0.05) is 29.8 Å². The number of aromatic nitrogens is 1. The predicted molar refractivity (Wildman–Crippen MR) is 98.3 cm³/mol. The highest BCUT2D eigenvalue weighted by Crippen LogP contribution is 2.32. The molecule has 1 amide bonds. The van der Waals surface area contributed by atoms with Crippen LogP contribution in [0.3, 0.4) is 0 Å². The van der Waals surface area contributed by atoms with Gasteiger partial charge in [-0.05, 0) is 43.4 Å². The van der Waals surface area contributed by atoms with E-state index >= 15 is 0 Å². The average Bonchev–Trinajstić information content (AvgIpc) is 3.15. The van der Waals surface area contributed by atoms with Crippen LogP contribution >= 0.6 is 0 Å². The Labute approximate surface area is 149 Å². The fourth-order valence-electron chi connectivity index (χ4n) is 4.11. The van der Waals surface area contributed by atoms with Crippen molar-refractivity contribution in [2.75, 3.05) is 26.2 Å². The van der Waals surface area contributed by atoms with E-state index < -0.39 is 0 Å². The monoisotopic (exact) mass is 335 g/mol. The third kappa shape index (κ3) is 3.45. The van der Waals surface area contributed by atoms with Gasteiger partial charge in [0.05, 0.1) is 5.56 Å². The second-order valence-electron chi connectivity index (χ2n) is 7.60. The van der Waals surface area contributed by atoms with Crippen molar-refractivity contribution in [1.82, 2.24) is 14.8 Å². The summed E-state index contributed by atoms with van der Waals surface area (Å²) in [6.45, 7) is 9.02. The lowest BCUT2D eigenvalue weighted by molar-refractivity contribution is 0.0773. The van der Waals surface area contributed by atoms with Crippen molar-refractivity contribution in [2.45, 2.75) is 20.4 Å². The molecule has 2 atom stereocenters. The lowest BCUT2D eigenvalue weighted by atomic mass is 10.0. The second-order valence-corrected chi connectivity index (χ2v) is 7.60. The highest BCUT2D eigenvalue weighted by atomic mass is 16.2. The number of likely N-dealkylation sites (tertiary alicyclic amines) is 2. The van der Waals surface area contributed by atoms with E-state index in [0.29, 0.717) is 17.4 Å². The Balaban J connectivity index is 1.35. The van der Waals surface area contributed by atoms with Gasteiger partial charge in [0, 0.05) is 44.6 Å². The number of carbonyl (C=O) groups excluding carboxylic acids is 1. The van der Waals surface area contributed by atoms with Crippen LogP contribution in [0, 0.1) is 25.7 Å². The quantitative estimate of drug-likeness (QED) is 0.865. The molecular weight excluding hydrogens is 310 g/mol. The van der Waals surface area contributed by atoms with Crippen molar-refractivity contribution >= 4 is 5.91 Å². The Kier molecular flexibility index (Phi) is 4.30. The number of hydrogen-bond acceptors (Lipinski definition) is 3. The number of aryl methyl sites for hydroxylation is 2. The van der Waals surface area contributed by atoms with E-state index in [1.165, 1.54) is 11.1 Å². The number of benzene rings is 1. The molecule has 0 radical (unpaired) electrons. The molecule has 2 saturated heterocycles. The highest BCUT2D eigenvalue weighted by Gasteiger charge is 2.41. The van der Waals surface area contributed by atoms with Crippen LogP contribution in [0.1, 0.15) is 27.2 Å². The normalized spacial score (nSPS) is 23.0. The summed E-state index contributed by atoms with van der Waals surface area (Å²) in [4.78, 5) is 21.5. The number of nitrogens with zero attached hydrogens (tertiary/aromatic N) is 3. The molecule has 1 aromatic carbocycles. The third-order valence-corrected chi connectivity index (χ3v) is 5.53. The number of pyridine rings is 1. The van der Waals surface area contributed by atoms with Crippen LogP contribution in [0.25, 0.3) is 0 Å². The molecule has 0 spiro atoms. The number of hydrogen-bond donors (Lipinski definition) is 0. The minimum absolute atomic E-state index is 0.131. The van der Waals surface area contributed by atoms with Gasteiger partial charge in [0.15, 0.2) is 0 Å². The first kappa shape index (κ1) is 16.3. The van der Waals surface area contributed by atoms with Gasteiger partial charge in [-0.2, -0.15) is 0 Å². The van der Waals surface area contributed by atoms with Crippen LogP contribution in [0.15, 0.2) is 42.6 Å². The van der Waals surface area contributed by atoms with Gasteiger partial charge in [0.2, 0.25) is 0 Å². The summed E-state index contributed by atoms with van der Waals surface area (Å²) in [5.41, 5.74) is 4.34. The van der Waals surface area contributed by atoms with Crippen molar-refractivity contribution in [3.05, 3.63) is 65.0 Å². The highest BCUT2D eigenvalue weighted by molar-refractivity contribution is 5.94. The lowest BCUT2D eigenvalue weighted by Crippen LogP contribution is -2.33. The van der Waals surface area contributed by atoms with E-state index in [0.717, 1.165) is 38.4 Å².